The largest absolute Gasteiger partial charge is 0.364 e. The fourth-order valence-electron chi connectivity index (χ4n) is 2.35. The van der Waals surface area contributed by atoms with Gasteiger partial charge in [-0.05, 0) is 6.42 Å². The molecule has 0 aliphatic heterocycles. The zero-order valence-corrected chi connectivity index (χ0v) is 14.4. The van der Waals surface area contributed by atoms with Gasteiger partial charge in [0, 0.05) is 23.9 Å². The van der Waals surface area contributed by atoms with Crippen molar-refractivity contribution in [1.82, 2.24) is 19.7 Å². The summed E-state index contributed by atoms with van der Waals surface area (Å²) >= 11 is 6.21. The molecule has 0 radical (unpaired) electrons. The first-order valence-corrected chi connectivity index (χ1v) is 8.23. The smallest absolute Gasteiger partial charge is 0.227 e. The van der Waals surface area contributed by atoms with E-state index in [9.17, 15) is 10.2 Å². The zero-order chi connectivity index (χ0) is 17.8. The maximum Gasteiger partial charge on any atom is 0.227 e. The number of aliphatic hydroxyl groups excluding tert-OH is 1. The molecule has 0 saturated carbocycles. The molecule has 0 unspecified atom stereocenters. The molecule has 7 nitrogen and oxygen atoms in total. The number of halogens is 1. The molecule has 0 amide bonds. The van der Waals surface area contributed by atoms with E-state index in [1.165, 1.54) is 6.20 Å². The Hall–Kier alpha value is -2.48. The van der Waals surface area contributed by atoms with Gasteiger partial charge in [0.1, 0.15) is 0 Å². The highest BCUT2D eigenvalue weighted by molar-refractivity contribution is 6.32. The van der Waals surface area contributed by atoms with E-state index in [2.05, 4.69) is 27.3 Å². The summed E-state index contributed by atoms with van der Waals surface area (Å²) in [6, 6.07) is 6.68. The van der Waals surface area contributed by atoms with Crippen LogP contribution in [0, 0.1) is 0 Å². The van der Waals surface area contributed by atoms with Crippen LogP contribution in [0.1, 0.15) is 25.2 Å². The van der Waals surface area contributed by atoms with E-state index < -0.39 is 6.29 Å². The molecule has 3 rings (SSSR count). The third-order valence-electron chi connectivity index (χ3n) is 3.57. The molecule has 0 aliphatic rings. The molecular formula is C17H18ClN5O2. The lowest BCUT2D eigenvalue weighted by molar-refractivity contribution is -0.0424. The molecule has 0 bridgehead atoms. The van der Waals surface area contributed by atoms with Gasteiger partial charge in [-0.2, -0.15) is 5.10 Å². The van der Waals surface area contributed by atoms with Crippen molar-refractivity contribution in [3.63, 3.8) is 0 Å². The third-order valence-corrected chi connectivity index (χ3v) is 3.85. The number of benzene rings is 1. The summed E-state index contributed by atoms with van der Waals surface area (Å²) in [5.74, 6) is 0.404. The molecule has 3 N–H and O–H groups in total. The van der Waals surface area contributed by atoms with Crippen molar-refractivity contribution in [2.75, 3.05) is 5.32 Å². The summed E-state index contributed by atoms with van der Waals surface area (Å²) in [6.45, 7) is 2.93. The summed E-state index contributed by atoms with van der Waals surface area (Å²) in [5, 5.41) is 26.1. The maximum atomic E-state index is 9.17. The Morgan fingerprint density at radius 2 is 1.96 bits per heavy atom. The molecule has 2 aromatic heterocycles. The topological polar surface area (TPSA) is 96.1 Å². The second kappa shape index (κ2) is 7.60. The summed E-state index contributed by atoms with van der Waals surface area (Å²) in [4.78, 5) is 8.64. The first-order chi connectivity index (χ1) is 12.1. The van der Waals surface area contributed by atoms with Crippen LogP contribution >= 0.6 is 11.6 Å². The quantitative estimate of drug-likeness (QED) is 0.585. The molecule has 0 spiro atoms. The lowest BCUT2D eigenvalue weighted by atomic mass is 10.1. The minimum atomic E-state index is -1.51. The zero-order valence-electron chi connectivity index (χ0n) is 13.6. The van der Waals surface area contributed by atoms with Gasteiger partial charge in [-0.3, -0.25) is 4.68 Å². The van der Waals surface area contributed by atoms with Crippen molar-refractivity contribution in [3.8, 4) is 11.3 Å². The molecule has 1 aromatic carbocycles. The molecule has 130 valence electrons. The molecule has 8 heteroatoms. The maximum absolute atomic E-state index is 9.17. The summed E-state index contributed by atoms with van der Waals surface area (Å²) in [7, 11) is 0. The fourth-order valence-corrected chi connectivity index (χ4v) is 2.55. The number of nitrogens with one attached hydrogen (secondary N) is 1. The minimum Gasteiger partial charge on any atom is -0.364 e. The minimum absolute atomic E-state index is 0.399. The van der Waals surface area contributed by atoms with Gasteiger partial charge in [-0.15, -0.1) is 0 Å². The second-order valence-electron chi connectivity index (χ2n) is 5.50. The van der Waals surface area contributed by atoms with Gasteiger partial charge in [0.25, 0.3) is 0 Å². The van der Waals surface area contributed by atoms with Crippen LogP contribution in [-0.2, 0) is 6.54 Å². The van der Waals surface area contributed by atoms with E-state index in [0.29, 0.717) is 22.2 Å². The number of nitrogens with zero attached hydrogens (tertiary/aromatic N) is 4. The fraction of sp³-hybridized carbons (Fsp3) is 0.235. The van der Waals surface area contributed by atoms with Gasteiger partial charge in [0.05, 0.1) is 28.8 Å². The molecular weight excluding hydrogens is 342 g/mol. The number of anilines is 2. The number of hydrogen-bond donors (Lipinski definition) is 3. The van der Waals surface area contributed by atoms with Gasteiger partial charge >= 0.3 is 0 Å². The summed E-state index contributed by atoms with van der Waals surface area (Å²) in [6.07, 6.45) is 4.62. The Balaban J connectivity index is 1.84. The van der Waals surface area contributed by atoms with Crippen molar-refractivity contribution in [3.05, 3.63) is 53.4 Å². The SMILES string of the molecule is CCCn1cc(Nc2ncc(Cl)c(-c3ccc(C(O)O)cc3)n2)cn1. The van der Waals surface area contributed by atoms with Crippen LogP contribution in [0.2, 0.25) is 5.02 Å². The number of rotatable bonds is 6. The summed E-state index contributed by atoms with van der Waals surface area (Å²) in [5.41, 5.74) is 2.50. The predicted molar refractivity (Wildman–Crippen MR) is 95.5 cm³/mol. The van der Waals surface area contributed by atoms with Crippen LogP contribution in [0.25, 0.3) is 11.3 Å². The number of aliphatic hydroxyl groups is 2. The van der Waals surface area contributed by atoms with Crippen molar-refractivity contribution in [2.24, 2.45) is 0 Å². The molecule has 2 heterocycles. The first kappa shape index (κ1) is 17.3. The Kier molecular flexibility index (Phi) is 5.28. The monoisotopic (exact) mass is 359 g/mol. The number of aromatic nitrogens is 4. The van der Waals surface area contributed by atoms with Gasteiger partial charge in [0.15, 0.2) is 6.29 Å². The van der Waals surface area contributed by atoms with E-state index in [0.717, 1.165) is 24.2 Å². The molecule has 0 saturated heterocycles. The van der Waals surface area contributed by atoms with Gasteiger partial charge < -0.3 is 15.5 Å². The predicted octanol–water partition coefficient (Wildman–Crippen LogP) is 3.13. The Bertz CT molecular complexity index is 848. The van der Waals surface area contributed by atoms with Crippen LogP contribution in [-0.4, -0.2) is 30.0 Å². The average Bonchev–Trinajstić information content (AvgIpc) is 3.04. The first-order valence-electron chi connectivity index (χ1n) is 7.85. The van der Waals surface area contributed by atoms with Gasteiger partial charge in [-0.1, -0.05) is 42.8 Å². The van der Waals surface area contributed by atoms with Crippen molar-refractivity contribution < 1.29 is 10.2 Å². The van der Waals surface area contributed by atoms with E-state index in [1.54, 1.807) is 30.5 Å². The number of aryl methyl sites for hydroxylation is 1. The highest BCUT2D eigenvalue weighted by Gasteiger charge is 2.10. The summed E-state index contributed by atoms with van der Waals surface area (Å²) < 4.78 is 1.85. The molecule has 0 aliphatic carbocycles. The van der Waals surface area contributed by atoms with Crippen LogP contribution in [0.3, 0.4) is 0 Å². The van der Waals surface area contributed by atoms with E-state index >= 15 is 0 Å². The van der Waals surface area contributed by atoms with E-state index in [4.69, 9.17) is 11.6 Å². The molecule has 3 aromatic rings. The van der Waals surface area contributed by atoms with Crippen LogP contribution in [0.4, 0.5) is 11.6 Å². The molecule has 25 heavy (non-hydrogen) atoms. The standard InChI is InChI=1S/C17H18ClN5O2/c1-2-7-23-10-13(8-20-23)21-17-19-9-14(18)15(22-17)11-3-5-12(6-4-11)16(24)25/h3-6,8-10,16,24-25H,2,7H2,1H3,(H,19,21,22). The van der Waals surface area contributed by atoms with Crippen LogP contribution in [0.15, 0.2) is 42.9 Å². The van der Waals surface area contributed by atoms with Gasteiger partial charge in [0.2, 0.25) is 5.95 Å². The third kappa shape index (κ3) is 4.14. The Morgan fingerprint density at radius 1 is 1.20 bits per heavy atom. The highest BCUT2D eigenvalue weighted by atomic mass is 35.5. The Labute approximate surface area is 149 Å². The van der Waals surface area contributed by atoms with Crippen molar-refractivity contribution >= 4 is 23.2 Å². The Morgan fingerprint density at radius 3 is 2.64 bits per heavy atom. The lowest BCUT2D eigenvalue weighted by Gasteiger charge is -2.08. The molecule has 0 fully saturated rings. The number of hydrogen-bond acceptors (Lipinski definition) is 6. The molecule has 0 atom stereocenters. The van der Waals surface area contributed by atoms with Crippen LogP contribution < -0.4 is 5.32 Å². The van der Waals surface area contributed by atoms with Gasteiger partial charge in [-0.25, -0.2) is 9.97 Å². The van der Waals surface area contributed by atoms with Crippen molar-refractivity contribution in [2.45, 2.75) is 26.2 Å². The highest BCUT2D eigenvalue weighted by Crippen LogP contribution is 2.27. The van der Waals surface area contributed by atoms with Crippen molar-refractivity contribution in [1.29, 1.82) is 0 Å². The normalized spacial score (nSPS) is 11.1. The van der Waals surface area contributed by atoms with Crippen LogP contribution in [0.5, 0.6) is 0 Å². The average molecular weight is 360 g/mol. The van der Waals surface area contributed by atoms with E-state index in [1.807, 2.05) is 10.9 Å². The lowest BCUT2D eigenvalue weighted by Crippen LogP contribution is -1.99. The second-order valence-corrected chi connectivity index (χ2v) is 5.91. The van der Waals surface area contributed by atoms with E-state index in [-0.39, 0.29) is 0 Å².